The number of rotatable bonds is 10. The summed E-state index contributed by atoms with van der Waals surface area (Å²) >= 11 is 12.2. The number of hydrogen-bond acceptors (Lipinski definition) is 4. The molecule has 0 spiro atoms. The Morgan fingerprint density at radius 3 is 2.33 bits per heavy atom. The van der Waals surface area contributed by atoms with Gasteiger partial charge in [0.2, 0.25) is 21.8 Å². The van der Waals surface area contributed by atoms with E-state index in [2.05, 4.69) is 5.32 Å². The fraction of sp³-hybridized carbons (Fsp3) is 0.308. The minimum atomic E-state index is -3.96. The van der Waals surface area contributed by atoms with Crippen LogP contribution in [0.5, 0.6) is 0 Å². The number of likely N-dealkylation sites (N-methyl/N-ethyl adjacent to an activating group) is 1. The summed E-state index contributed by atoms with van der Waals surface area (Å²) in [6.45, 7) is 3.62. The monoisotopic (exact) mass is 549 g/mol. The van der Waals surface area contributed by atoms with Crippen molar-refractivity contribution in [3.8, 4) is 0 Å². The molecule has 3 aromatic rings. The molecule has 0 fully saturated rings. The number of carbonyl (C=O) groups excluding carboxylic acids is 2. The summed E-state index contributed by atoms with van der Waals surface area (Å²) in [5.41, 5.74) is 0.660. The first-order chi connectivity index (χ1) is 17.0. The first kappa shape index (κ1) is 27.9. The number of sulfonamides is 1. The molecule has 10 heteroatoms. The molecule has 0 aliphatic rings. The molecule has 0 radical (unpaired) electrons. The van der Waals surface area contributed by atoms with Crippen molar-refractivity contribution in [2.24, 2.45) is 0 Å². The van der Waals surface area contributed by atoms with Crippen molar-refractivity contribution in [3.63, 3.8) is 0 Å². The molecule has 3 rings (SSSR count). The third-order valence-electron chi connectivity index (χ3n) is 5.84. The maximum absolute atomic E-state index is 13.4. The smallest absolute Gasteiger partial charge is 0.243 e. The number of fused-ring (bicyclic) bond motifs is 1. The SMILES string of the molecule is CCCNC(=O)[C@H](C)N(Cc1ccc(Cl)c(Cl)c1)C(=O)CN(C)S(=O)(=O)c1ccc2ccccc2c1. The summed E-state index contributed by atoms with van der Waals surface area (Å²) in [5.74, 6) is -0.850. The molecule has 0 aliphatic heterocycles. The molecule has 3 aromatic carbocycles. The van der Waals surface area contributed by atoms with E-state index >= 15 is 0 Å². The van der Waals surface area contributed by atoms with Crippen molar-refractivity contribution in [3.05, 3.63) is 76.3 Å². The van der Waals surface area contributed by atoms with Crippen LogP contribution in [0.25, 0.3) is 10.8 Å². The van der Waals surface area contributed by atoms with Gasteiger partial charge < -0.3 is 10.2 Å². The van der Waals surface area contributed by atoms with E-state index in [4.69, 9.17) is 23.2 Å². The van der Waals surface area contributed by atoms with Crippen LogP contribution in [0, 0.1) is 0 Å². The van der Waals surface area contributed by atoms with E-state index in [1.165, 1.54) is 18.0 Å². The van der Waals surface area contributed by atoms with Crippen LogP contribution in [0.15, 0.2) is 65.6 Å². The first-order valence-electron chi connectivity index (χ1n) is 11.5. The molecule has 192 valence electrons. The molecule has 1 atom stereocenters. The number of hydrogen-bond donors (Lipinski definition) is 1. The zero-order valence-electron chi connectivity index (χ0n) is 20.4. The highest BCUT2D eigenvalue weighted by Gasteiger charge is 2.30. The molecule has 0 bridgehead atoms. The van der Waals surface area contributed by atoms with Gasteiger partial charge in [0.05, 0.1) is 21.5 Å². The second-order valence-electron chi connectivity index (χ2n) is 8.51. The molecule has 2 amide bonds. The van der Waals surface area contributed by atoms with Gasteiger partial charge in [-0.3, -0.25) is 9.59 Å². The minimum absolute atomic E-state index is 0.0558. The largest absolute Gasteiger partial charge is 0.354 e. The lowest BCUT2D eigenvalue weighted by atomic mass is 10.1. The molecular formula is C26H29Cl2N3O4S. The Kier molecular flexibility index (Phi) is 9.35. The van der Waals surface area contributed by atoms with Crippen LogP contribution in [-0.4, -0.2) is 55.6 Å². The molecule has 0 saturated heterocycles. The van der Waals surface area contributed by atoms with Crippen molar-refractivity contribution < 1.29 is 18.0 Å². The second-order valence-corrected chi connectivity index (χ2v) is 11.4. The van der Waals surface area contributed by atoms with Crippen LogP contribution in [0.3, 0.4) is 0 Å². The molecule has 0 aromatic heterocycles. The van der Waals surface area contributed by atoms with Gasteiger partial charge in [0.25, 0.3) is 0 Å². The molecule has 7 nitrogen and oxygen atoms in total. The van der Waals surface area contributed by atoms with Gasteiger partial charge >= 0.3 is 0 Å². The Bertz CT molecular complexity index is 1360. The predicted octanol–water partition coefficient (Wildman–Crippen LogP) is 4.71. The van der Waals surface area contributed by atoms with Crippen LogP contribution in [-0.2, 0) is 26.2 Å². The Hall–Kier alpha value is -2.65. The zero-order chi connectivity index (χ0) is 26.5. The van der Waals surface area contributed by atoms with Gasteiger partial charge in [-0.1, -0.05) is 66.5 Å². The summed E-state index contributed by atoms with van der Waals surface area (Å²) in [5, 5.41) is 5.17. The van der Waals surface area contributed by atoms with Crippen LogP contribution in [0.2, 0.25) is 10.0 Å². The Balaban J connectivity index is 1.85. The molecule has 1 N–H and O–H groups in total. The molecule has 0 unspecified atom stereocenters. The summed E-state index contributed by atoms with van der Waals surface area (Å²) in [7, 11) is -2.61. The lowest BCUT2D eigenvalue weighted by Gasteiger charge is -2.30. The molecule has 0 aliphatic carbocycles. The van der Waals surface area contributed by atoms with E-state index in [1.807, 2.05) is 31.2 Å². The van der Waals surface area contributed by atoms with E-state index in [0.29, 0.717) is 22.2 Å². The van der Waals surface area contributed by atoms with E-state index in [0.717, 1.165) is 21.5 Å². The third kappa shape index (κ3) is 6.56. The van der Waals surface area contributed by atoms with Crippen molar-refractivity contribution in [2.75, 3.05) is 20.1 Å². The highest BCUT2D eigenvalue weighted by molar-refractivity contribution is 7.89. The van der Waals surface area contributed by atoms with Gasteiger partial charge in [0, 0.05) is 20.1 Å². The van der Waals surface area contributed by atoms with Gasteiger partial charge in [-0.25, -0.2) is 8.42 Å². The van der Waals surface area contributed by atoms with Gasteiger partial charge in [-0.05, 0) is 53.9 Å². The van der Waals surface area contributed by atoms with Crippen LogP contribution in [0.4, 0.5) is 0 Å². The second kappa shape index (κ2) is 12.1. The predicted molar refractivity (Wildman–Crippen MR) is 144 cm³/mol. The lowest BCUT2D eigenvalue weighted by molar-refractivity contribution is -0.140. The number of benzene rings is 3. The summed E-state index contributed by atoms with van der Waals surface area (Å²) < 4.78 is 27.5. The van der Waals surface area contributed by atoms with Gasteiger partial charge in [0.1, 0.15) is 6.04 Å². The van der Waals surface area contributed by atoms with Crippen LogP contribution in [0.1, 0.15) is 25.8 Å². The maximum Gasteiger partial charge on any atom is 0.243 e. The fourth-order valence-corrected chi connectivity index (χ4v) is 5.16. The topological polar surface area (TPSA) is 86.8 Å². The molecular weight excluding hydrogens is 521 g/mol. The summed E-state index contributed by atoms with van der Waals surface area (Å²) in [6.07, 6.45) is 0.742. The Morgan fingerprint density at radius 1 is 0.972 bits per heavy atom. The average molecular weight is 551 g/mol. The van der Waals surface area contributed by atoms with E-state index in [9.17, 15) is 18.0 Å². The van der Waals surface area contributed by atoms with E-state index in [-0.39, 0.29) is 17.3 Å². The molecule has 36 heavy (non-hydrogen) atoms. The number of amides is 2. The highest BCUT2D eigenvalue weighted by Crippen LogP contribution is 2.25. The lowest BCUT2D eigenvalue weighted by Crippen LogP contribution is -2.50. The normalized spacial score (nSPS) is 12.5. The summed E-state index contributed by atoms with van der Waals surface area (Å²) in [4.78, 5) is 27.5. The van der Waals surface area contributed by atoms with Gasteiger partial charge in [-0.15, -0.1) is 0 Å². The van der Waals surface area contributed by atoms with Crippen molar-refractivity contribution in [1.82, 2.24) is 14.5 Å². The molecule has 0 saturated carbocycles. The first-order valence-corrected chi connectivity index (χ1v) is 13.7. The summed E-state index contributed by atoms with van der Waals surface area (Å²) in [6, 6.07) is 16.4. The van der Waals surface area contributed by atoms with Gasteiger partial charge in [0.15, 0.2) is 0 Å². The Labute approximate surface area is 222 Å². The van der Waals surface area contributed by atoms with Gasteiger partial charge in [-0.2, -0.15) is 4.31 Å². The standard InChI is InChI=1S/C26H29Cl2N3O4S/c1-4-13-29-26(33)18(2)31(16-19-9-12-23(27)24(28)14-19)25(32)17-30(3)36(34,35)22-11-10-20-7-5-6-8-21(20)15-22/h5-12,14-15,18H,4,13,16-17H2,1-3H3,(H,29,33)/t18-/m0/s1. The molecule has 0 heterocycles. The average Bonchev–Trinajstić information content (AvgIpc) is 2.86. The number of nitrogens with one attached hydrogen (secondary N) is 1. The highest BCUT2D eigenvalue weighted by atomic mass is 35.5. The van der Waals surface area contributed by atoms with E-state index in [1.54, 1.807) is 37.3 Å². The number of nitrogens with zero attached hydrogens (tertiary/aromatic N) is 2. The third-order valence-corrected chi connectivity index (χ3v) is 8.38. The number of halogens is 2. The van der Waals surface area contributed by atoms with Crippen molar-refractivity contribution >= 4 is 55.8 Å². The Morgan fingerprint density at radius 2 is 1.67 bits per heavy atom. The van der Waals surface area contributed by atoms with Crippen molar-refractivity contribution in [1.29, 1.82) is 0 Å². The van der Waals surface area contributed by atoms with E-state index < -0.39 is 28.5 Å². The fourth-order valence-electron chi connectivity index (χ4n) is 3.69. The minimum Gasteiger partial charge on any atom is -0.354 e. The van der Waals surface area contributed by atoms with Crippen LogP contribution < -0.4 is 5.32 Å². The zero-order valence-corrected chi connectivity index (χ0v) is 22.7. The maximum atomic E-state index is 13.4. The quantitative estimate of drug-likeness (QED) is 0.396. The van der Waals surface area contributed by atoms with Crippen LogP contribution >= 0.6 is 23.2 Å². The number of carbonyl (C=O) groups is 2. The van der Waals surface area contributed by atoms with Crippen molar-refractivity contribution in [2.45, 2.75) is 37.8 Å².